The van der Waals surface area contributed by atoms with Crippen molar-refractivity contribution in [2.24, 2.45) is 0 Å². The standard InChI is InChI=1S/C15H23N3O/c1-11-14(6-8-19-11)18(2)15-9-12(5-7-16-15)10-17-13-3-4-13/h5,7,9,11,13-14,17H,3-4,6,8,10H2,1-2H3. The molecule has 1 aromatic heterocycles. The van der Waals surface area contributed by atoms with Crippen LogP contribution in [0.2, 0.25) is 0 Å². The Bertz CT molecular complexity index is 433. The van der Waals surface area contributed by atoms with Crippen LogP contribution in [0, 0.1) is 0 Å². The third-order valence-electron chi connectivity index (χ3n) is 4.18. The van der Waals surface area contributed by atoms with Crippen LogP contribution in [0.25, 0.3) is 0 Å². The number of nitrogens with zero attached hydrogens (tertiary/aromatic N) is 2. The summed E-state index contributed by atoms with van der Waals surface area (Å²) < 4.78 is 5.64. The lowest BCUT2D eigenvalue weighted by Crippen LogP contribution is -2.37. The molecule has 1 N–H and O–H groups in total. The maximum absolute atomic E-state index is 5.64. The van der Waals surface area contributed by atoms with Gasteiger partial charge in [0.15, 0.2) is 0 Å². The number of hydrogen-bond acceptors (Lipinski definition) is 4. The zero-order valence-corrected chi connectivity index (χ0v) is 11.8. The van der Waals surface area contributed by atoms with E-state index in [0.717, 1.165) is 31.4 Å². The van der Waals surface area contributed by atoms with Gasteiger partial charge in [0.25, 0.3) is 0 Å². The van der Waals surface area contributed by atoms with Gasteiger partial charge < -0.3 is 15.0 Å². The van der Waals surface area contributed by atoms with Gasteiger partial charge in [-0.15, -0.1) is 0 Å². The van der Waals surface area contributed by atoms with E-state index in [1.54, 1.807) is 0 Å². The van der Waals surface area contributed by atoms with Crippen LogP contribution >= 0.6 is 0 Å². The third-order valence-corrected chi connectivity index (χ3v) is 4.18. The molecule has 2 aliphatic rings. The molecule has 2 heterocycles. The molecule has 2 unspecified atom stereocenters. The van der Waals surface area contributed by atoms with Crippen LogP contribution in [0.1, 0.15) is 31.7 Å². The largest absolute Gasteiger partial charge is 0.376 e. The molecule has 1 aliphatic carbocycles. The van der Waals surface area contributed by atoms with Crippen LogP contribution in [-0.4, -0.2) is 36.8 Å². The number of hydrogen-bond donors (Lipinski definition) is 1. The molecule has 104 valence electrons. The van der Waals surface area contributed by atoms with Crippen LogP contribution in [0.4, 0.5) is 5.82 Å². The molecule has 19 heavy (non-hydrogen) atoms. The van der Waals surface area contributed by atoms with Gasteiger partial charge in [0, 0.05) is 32.4 Å². The van der Waals surface area contributed by atoms with E-state index in [2.05, 4.69) is 41.3 Å². The highest BCUT2D eigenvalue weighted by atomic mass is 16.5. The van der Waals surface area contributed by atoms with Gasteiger partial charge >= 0.3 is 0 Å². The quantitative estimate of drug-likeness (QED) is 0.879. The van der Waals surface area contributed by atoms with Gasteiger partial charge in [-0.25, -0.2) is 4.98 Å². The summed E-state index contributed by atoms with van der Waals surface area (Å²) in [6.45, 7) is 3.95. The lowest BCUT2D eigenvalue weighted by Gasteiger charge is -2.28. The average Bonchev–Trinajstić information content (AvgIpc) is 3.17. The number of ether oxygens (including phenoxy) is 1. The van der Waals surface area contributed by atoms with E-state index in [1.807, 2.05) is 6.20 Å². The number of anilines is 1. The Kier molecular flexibility index (Phi) is 3.71. The van der Waals surface area contributed by atoms with Crippen LogP contribution in [0.15, 0.2) is 18.3 Å². The van der Waals surface area contributed by atoms with E-state index in [9.17, 15) is 0 Å². The highest BCUT2D eigenvalue weighted by molar-refractivity contribution is 5.41. The van der Waals surface area contributed by atoms with Crippen molar-refractivity contribution in [2.75, 3.05) is 18.6 Å². The summed E-state index contributed by atoms with van der Waals surface area (Å²) >= 11 is 0. The van der Waals surface area contributed by atoms with Gasteiger partial charge in [-0.2, -0.15) is 0 Å². The minimum Gasteiger partial charge on any atom is -0.376 e. The van der Waals surface area contributed by atoms with E-state index in [-0.39, 0.29) is 0 Å². The van der Waals surface area contributed by atoms with Crippen LogP contribution < -0.4 is 10.2 Å². The summed E-state index contributed by atoms with van der Waals surface area (Å²) in [5.74, 6) is 1.05. The predicted molar refractivity (Wildman–Crippen MR) is 76.3 cm³/mol. The smallest absolute Gasteiger partial charge is 0.128 e. The van der Waals surface area contributed by atoms with Gasteiger partial charge in [-0.1, -0.05) is 0 Å². The fraction of sp³-hybridized carbons (Fsp3) is 0.667. The lowest BCUT2D eigenvalue weighted by atomic mass is 10.1. The summed E-state index contributed by atoms with van der Waals surface area (Å²) in [6, 6.07) is 5.48. The molecule has 0 aromatic carbocycles. The molecule has 0 amide bonds. The molecule has 0 bridgehead atoms. The van der Waals surface area contributed by atoms with E-state index in [1.165, 1.54) is 18.4 Å². The Morgan fingerprint density at radius 3 is 2.95 bits per heavy atom. The second kappa shape index (κ2) is 5.47. The molecular formula is C15H23N3O. The average molecular weight is 261 g/mol. The lowest BCUT2D eigenvalue weighted by molar-refractivity contribution is 0.118. The van der Waals surface area contributed by atoms with Crippen LogP contribution in [0.3, 0.4) is 0 Å². The summed E-state index contributed by atoms with van der Waals surface area (Å²) in [5, 5.41) is 3.55. The van der Waals surface area contributed by atoms with Crippen molar-refractivity contribution in [2.45, 2.75) is 50.9 Å². The maximum Gasteiger partial charge on any atom is 0.128 e. The topological polar surface area (TPSA) is 37.4 Å². The minimum atomic E-state index is 0.292. The van der Waals surface area contributed by atoms with Gasteiger partial charge in [0.1, 0.15) is 5.82 Å². The molecule has 1 aliphatic heterocycles. The van der Waals surface area contributed by atoms with E-state index < -0.39 is 0 Å². The maximum atomic E-state index is 5.64. The molecule has 2 fully saturated rings. The second-order valence-corrected chi connectivity index (χ2v) is 5.72. The molecule has 3 rings (SSSR count). The summed E-state index contributed by atoms with van der Waals surface area (Å²) in [7, 11) is 2.12. The van der Waals surface area contributed by atoms with Gasteiger partial charge in [0.05, 0.1) is 12.1 Å². The van der Waals surface area contributed by atoms with E-state index >= 15 is 0 Å². The Hall–Kier alpha value is -1.13. The SMILES string of the molecule is CC1OCCC1N(C)c1cc(CNC2CC2)ccn1. The fourth-order valence-electron chi connectivity index (χ4n) is 2.71. The number of pyridine rings is 1. The van der Waals surface area contributed by atoms with Crippen molar-refractivity contribution in [3.8, 4) is 0 Å². The highest BCUT2D eigenvalue weighted by Gasteiger charge is 2.28. The second-order valence-electron chi connectivity index (χ2n) is 5.72. The molecular weight excluding hydrogens is 238 g/mol. The third kappa shape index (κ3) is 3.07. The van der Waals surface area contributed by atoms with E-state index in [4.69, 9.17) is 4.74 Å². The summed E-state index contributed by atoms with van der Waals surface area (Å²) in [6.07, 6.45) is 5.95. The van der Waals surface area contributed by atoms with E-state index in [0.29, 0.717) is 12.1 Å². The summed E-state index contributed by atoms with van der Waals surface area (Å²) in [5.41, 5.74) is 1.32. The van der Waals surface area contributed by atoms with Crippen molar-refractivity contribution < 1.29 is 4.74 Å². The zero-order chi connectivity index (χ0) is 13.2. The normalized spacial score (nSPS) is 26.6. The predicted octanol–water partition coefficient (Wildman–Crippen LogP) is 1.95. The van der Waals surface area contributed by atoms with Crippen molar-refractivity contribution in [1.82, 2.24) is 10.3 Å². The number of aromatic nitrogens is 1. The van der Waals surface area contributed by atoms with Gasteiger partial charge in [-0.3, -0.25) is 0 Å². The van der Waals surface area contributed by atoms with Crippen molar-refractivity contribution in [1.29, 1.82) is 0 Å². The first-order chi connectivity index (χ1) is 9.24. The number of likely N-dealkylation sites (N-methyl/N-ethyl adjacent to an activating group) is 1. The Morgan fingerprint density at radius 1 is 1.42 bits per heavy atom. The van der Waals surface area contributed by atoms with Gasteiger partial charge in [0.2, 0.25) is 0 Å². The molecule has 2 atom stereocenters. The Labute approximate surface area is 115 Å². The van der Waals surface area contributed by atoms with Crippen molar-refractivity contribution in [3.63, 3.8) is 0 Å². The molecule has 4 heteroatoms. The zero-order valence-electron chi connectivity index (χ0n) is 11.8. The van der Waals surface area contributed by atoms with Crippen LogP contribution in [-0.2, 0) is 11.3 Å². The van der Waals surface area contributed by atoms with Crippen molar-refractivity contribution in [3.05, 3.63) is 23.9 Å². The Balaban J connectivity index is 1.66. The first-order valence-corrected chi connectivity index (χ1v) is 7.27. The molecule has 4 nitrogen and oxygen atoms in total. The summed E-state index contributed by atoms with van der Waals surface area (Å²) in [4.78, 5) is 6.77. The molecule has 1 saturated heterocycles. The minimum absolute atomic E-state index is 0.292. The molecule has 1 saturated carbocycles. The monoisotopic (exact) mass is 261 g/mol. The number of rotatable bonds is 5. The molecule has 0 radical (unpaired) electrons. The first-order valence-electron chi connectivity index (χ1n) is 7.27. The number of nitrogens with one attached hydrogen (secondary N) is 1. The Morgan fingerprint density at radius 2 is 2.26 bits per heavy atom. The fourth-order valence-corrected chi connectivity index (χ4v) is 2.71. The molecule has 0 spiro atoms. The highest BCUT2D eigenvalue weighted by Crippen LogP contribution is 2.24. The van der Waals surface area contributed by atoms with Crippen LogP contribution in [0.5, 0.6) is 0 Å². The van der Waals surface area contributed by atoms with Gasteiger partial charge in [-0.05, 0) is 43.9 Å². The molecule has 1 aromatic rings. The first kappa shape index (κ1) is 12.9. The van der Waals surface area contributed by atoms with Crippen molar-refractivity contribution >= 4 is 5.82 Å².